The normalized spacial score (nSPS) is 18.5. The van der Waals surface area contributed by atoms with E-state index in [9.17, 15) is 16.8 Å². The number of benzene rings is 1. The molecule has 1 aliphatic rings. The maximum absolute atomic E-state index is 12.8. The lowest BCUT2D eigenvalue weighted by Gasteiger charge is -2.24. The number of anilines is 1. The van der Waals surface area contributed by atoms with Crippen molar-refractivity contribution in [2.75, 3.05) is 30.6 Å². The molecule has 1 aromatic carbocycles. The molecule has 0 radical (unpaired) electrons. The van der Waals surface area contributed by atoms with Crippen LogP contribution in [0, 0.1) is 0 Å². The molecule has 0 amide bonds. The van der Waals surface area contributed by atoms with E-state index in [2.05, 4.69) is 10.0 Å². The predicted octanol–water partition coefficient (Wildman–Crippen LogP) is 2.02. The third-order valence-corrected chi connectivity index (χ3v) is 7.60. The molecule has 0 aromatic heterocycles. The summed E-state index contributed by atoms with van der Waals surface area (Å²) in [5.41, 5.74) is 0.378. The number of likely N-dealkylation sites (N-methyl/N-ethyl adjacent to an activating group) is 1. The zero-order valence-corrected chi connectivity index (χ0v) is 17.6. The van der Waals surface area contributed by atoms with Crippen molar-refractivity contribution in [2.24, 2.45) is 0 Å². The van der Waals surface area contributed by atoms with Gasteiger partial charge in [-0.3, -0.25) is 4.72 Å². The Hall–Kier alpha value is -0.870. The Balaban J connectivity index is 0.00000338. The summed E-state index contributed by atoms with van der Waals surface area (Å²) in [5, 5.41) is 3.03. The SMILES string of the molecule is CCCCS(=O)(=O)Nc1ccc(S(=O)(=O)N2CCCC2CNC)cc1.Cl. The highest BCUT2D eigenvalue weighted by Crippen LogP contribution is 2.26. The Kier molecular flexibility index (Phi) is 8.81. The van der Waals surface area contributed by atoms with Crippen molar-refractivity contribution in [3.05, 3.63) is 24.3 Å². The van der Waals surface area contributed by atoms with Crippen LogP contribution in [0.3, 0.4) is 0 Å². The van der Waals surface area contributed by atoms with Gasteiger partial charge in [-0.25, -0.2) is 16.8 Å². The van der Waals surface area contributed by atoms with E-state index in [1.807, 2.05) is 14.0 Å². The lowest BCUT2D eigenvalue weighted by Crippen LogP contribution is -2.40. The quantitative estimate of drug-likeness (QED) is 0.631. The number of nitrogens with one attached hydrogen (secondary N) is 2. The van der Waals surface area contributed by atoms with Crippen LogP contribution < -0.4 is 10.0 Å². The second-order valence-electron chi connectivity index (χ2n) is 6.27. The van der Waals surface area contributed by atoms with Gasteiger partial charge < -0.3 is 5.32 Å². The fourth-order valence-electron chi connectivity index (χ4n) is 2.96. The van der Waals surface area contributed by atoms with Crippen LogP contribution in [0.1, 0.15) is 32.6 Å². The first-order valence-electron chi connectivity index (χ1n) is 8.57. The van der Waals surface area contributed by atoms with Gasteiger partial charge in [-0.1, -0.05) is 13.3 Å². The molecule has 1 saturated heterocycles. The Morgan fingerprint density at radius 3 is 2.38 bits per heavy atom. The third kappa shape index (κ3) is 5.82. The van der Waals surface area contributed by atoms with E-state index in [4.69, 9.17) is 0 Å². The average molecular weight is 426 g/mol. The molecule has 1 unspecified atom stereocenters. The molecule has 2 N–H and O–H groups in total. The van der Waals surface area contributed by atoms with Crippen LogP contribution in [0.15, 0.2) is 29.2 Å². The molecule has 1 aliphatic heterocycles. The van der Waals surface area contributed by atoms with E-state index in [0.29, 0.717) is 25.2 Å². The Morgan fingerprint density at radius 2 is 1.81 bits per heavy atom. The highest BCUT2D eigenvalue weighted by Gasteiger charge is 2.34. The van der Waals surface area contributed by atoms with Gasteiger partial charge in [-0.15, -0.1) is 12.4 Å². The van der Waals surface area contributed by atoms with Gasteiger partial charge >= 0.3 is 0 Å². The summed E-state index contributed by atoms with van der Waals surface area (Å²) in [5.74, 6) is 0.0586. The molecule has 0 aliphatic carbocycles. The summed E-state index contributed by atoms with van der Waals surface area (Å²) >= 11 is 0. The highest BCUT2D eigenvalue weighted by atomic mass is 35.5. The Morgan fingerprint density at radius 1 is 1.15 bits per heavy atom. The van der Waals surface area contributed by atoms with Gasteiger partial charge in [-0.05, 0) is 50.6 Å². The molecular weight excluding hydrogens is 398 g/mol. The van der Waals surface area contributed by atoms with Crippen LogP contribution in [0.5, 0.6) is 0 Å². The number of hydrogen-bond donors (Lipinski definition) is 2. The zero-order valence-electron chi connectivity index (χ0n) is 15.1. The monoisotopic (exact) mass is 425 g/mol. The first-order valence-corrected chi connectivity index (χ1v) is 11.7. The van der Waals surface area contributed by atoms with Crippen molar-refractivity contribution in [3.63, 3.8) is 0 Å². The summed E-state index contributed by atoms with van der Waals surface area (Å²) in [7, 11) is -5.16. The average Bonchev–Trinajstić information content (AvgIpc) is 3.03. The summed E-state index contributed by atoms with van der Waals surface area (Å²) in [6.45, 7) is 3.06. The lowest BCUT2D eigenvalue weighted by molar-refractivity contribution is 0.379. The third-order valence-electron chi connectivity index (χ3n) is 4.26. The Labute approximate surface area is 163 Å². The van der Waals surface area contributed by atoms with Crippen LogP contribution in [0.25, 0.3) is 0 Å². The van der Waals surface area contributed by atoms with Crippen LogP contribution in [0.2, 0.25) is 0 Å². The van der Waals surface area contributed by atoms with E-state index < -0.39 is 20.0 Å². The van der Waals surface area contributed by atoms with Crippen LogP contribution in [-0.4, -0.2) is 53.1 Å². The molecule has 26 heavy (non-hydrogen) atoms. The molecule has 7 nitrogen and oxygen atoms in total. The molecule has 10 heteroatoms. The summed E-state index contributed by atoms with van der Waals surface area (Å²) < 4.78 is 53.5. The second-order valence-corrected chi connectivity index (χ2v) is 10.0. The van der Waals surface area contributed by atoms with E-state index in [1.165, 1.54) is 28.6 Å². The molecule has 1 fully saturated rings. The smallest absolute Gasteiger partial charge is 0.243 e. The summed E-state index contributed by atoms with van der Waals surface area (Å²) in [4.78, 5) is 0.187. The van der Waals surface area contributed by atoms with E-state index in [0.717, 1.165) is 19.3 Å². The van der Waals surface area contributed by atoms with E-state index >= 15 is 0 Å². The fraction of sp³-hybridized carbons (Fsp3) is 0.625. The number of rotatable bonds is 9. The number of unbranched alkanes of at least 4 members (excludes halogenated alkanes) is 1. The number of sulfonamides is 2. The van der Waals surface area contributed by atoms with Crippen LogP contribution in [0.4, 0.5) is 5.69 Å². The molecule has 1 atom stereocenters. The summed E-state index contributed by atoms with van der Waals surface area (Å²) in [6.07, 6.45) is 3.07. The van der Waals surface area contributed by atoms with E-state index in [1.54, 1.807) is 0 Å². The van der Waals surface area contributed by atoms with E-state index in [-0.39, 0.29) is 29.1 Å². The van der Waals surface area contributed by atoms with Gasteiger partial charge in [-0.2, -0.15) is 4.31 Å². The first kappa shape index (κ1) is 23.2. The molecule has 0 spiro atoms. The molecule has 1 aromatic rings. The van der Waals surface area contributed by atoms with Crippen molar-refractivity contribution in [2.45, 2.75) is 43.5 Å². The number of hydrogen-bond acceptors (Lipinski definition) is 5. The predicted molar refractivity (Wildman–Crippen MR) is 107 cm³/mol. The molecule has 1 heterocycles. The summed E-state index contributed by atoms with van der Waals surface area (Å²) in [6, 6.07) is 5.88. The van der Waals surface area contributed by atoms with Gasteiger partial charge in [0, 0.05) is 24.8 Å². The maximum atomic E-state index is 12.8. The van der Waals surface area contributed by atoms with Crippen molar-refractivity contribution >= 4 is 38.1 Å². The van der Waals surface area contributed by atoms with Gasteiger partial charge in [0.05, 0.1) is 10.6 Å². The van der Waals surface area contributed by atoms with Gasteiger partial charge in [0.1, 0.15) is 0 Å². The molecule has 150 valence electrons. The van der Waals surface area contributed by atoms with Crippen LogP contribution in [-0.2, 0) is 20.0 Å². The van der Waals surface area contributed by atoms with Gasteiger partial charge in [0.15, 0.2) is 0 Å². The van der Waals surface area contributed by atoms with Gasteiger partial charge in [0.2, 0.25) is 20.0 Å². The highest BCUT2D eigenvalue weighted by molar-refractivity contribution is 7.92. The van der Waals surface area contributed by atoms with Crippen molar-refractivity contribution in [1.82, 2.24) is 9.62 Å². The topological polar surface area (TPSA) is 95.6 Å². The maximum Gasteiger partial charge on any atom is 0.243 e. The second kappa shape index (κ2) is 9.89. The van der Waals surface area contributed by atoms with Gasteiger partial charge in [0.25, 0.3) is 0 Å². The van der Waals surface area contributed by atoms with Crippen molar-refractivity contribution in [3.8, 4) is 0 Å². The molecular formula is C16H28ClN3O4S2. The minimum atomic E-state index is -3.57. The Bertz CT molecular complexity index is 767. The standard InChI is InChI=1S/C16H27N3O4S2.ClH/c1-3-4-12-24(20,21)18-14-7-9-16(10-8-14)25(22,23)19-11-5-6-15(19)13-17-2;/h7-10,15,17-18H,3-6,11-13H2,1-2H3;1H. The molecule has 0 saturated carbocycles. The van der Waals surface area contributed by atoms with Crippen molar-refractivity contribution < 1.29 is 16.8 Å². The first-order chi connectivity index (χ1) is 11.8. The van der Waals surface area contributed by atoms with Crippen molar-refractivity contribution in [1.29, 1.82) is 0 Å². The molecule has 0 bridgehead atoms. The molecule has 2 rings (SSSR count). The number of nitrogens with zero attached hydrogens (tertiary/aromatic N) is 1. The zero-order chi connectivity index (χ0) is 18.5. The van der Waals surface area contributed by atoms with Crippen LogP contribution >= 0.6 is 12.4 Å². The minimum Gasteiger partial charge on any atom is -0.318 e. The largest absolute Gasteiger partial charge is 0.318 e. The fourth-order valence-corrected chi connectivity index (χ4v) is 5.92. The minimum absolute atomic E-state index is 0. The number of halogens is 1. The lowest BCUT2D eigenvalue weighted by atomic mass is 10.2.